The largest absolute Gasteiger partial charge is 0.478 e. The van der Waals surface area contributed by atoms with E-state index in [0.29, 0.717) is 12.5 Å². The highest BCUT2D eigenvalue weighted by atomic mass is 16.5. The fourth-order valence-corrected chi connectivity index (χ4v) is 0.889. The van der Waals surface area contributed by atoms with E-state index < -0.39 is 18.0 Å². The molecule has 0 aliphatic rings. The summed E-state index contributed by atoms with van der Waals surface area (Å²) in [5, 5.41) is 17.5. The first kappa shape index (κ1) is 13.6. The van der Waals surface area contributed by atoms with Crippen molar-refractivity contribution in [3.05, 3.63) is 12.2 Å². The molecule has 86 valence electrons. The number of carboxylic acid groups (broad SMARTS) is 1. The second-order valence-electron chi connectivity index (χ2n) is 3.10. The summed E-state index contributed by atoms with van der Waals surface area (Å²) in [6.45, 7) is 1.90. The average molecular weight is 216 g/mol. The van der Waals surface area contributed by atoms with Crippen LogP contribution in [0.1, 0.15) is 26.2 Å². The van der Waals surface area contributed by atoms with Gasteiger partial charge in [-0.3, -0.25) is 0 Å². The number of carbonyl (C=O) groups excluding carboxylic acids is 1. The van der Waals surface area contributed by atoms with Gasteiger partial charge < -0.3 is 14.9 Å². The second-order valence-corrected chi connectivity index (χ2v) is 3.10. The summed E-state index contributed by atoms with van der Waals surface area (Å²) in [7, 11) is 0. The number of rotatable bonds is 7. The molecule has 2 N–H and O–H groups in total. The Kier molecular flexibility index (Phi) is 7.27. The van der Waals surface area contributed by atoms with Gasteiger partial charge in [-0.05, 0) is 6.42 Å². The van der Waals surface area contributed by atoms with Gasteiger partial charge in [-0.2, -0.15) is 0 Å². The number of carbonyl (C=O) groups is 2. The lowest BCUT2D eigenvalue weighted by molar-refractivity contribution is -0.141. The molecule has 0 fully saturated rings. The predicted octanol–water partition coefficient (Wildman–Crippen LogP) is 0.721. The van der Waals surface area contributed by atoms with E-state index in [4.69, 9.17) is 5.11 Å². The number of hydrogen-bond donors (Lipinski definition) is 2. The molecule has 0 rings (SSSR count). The van der Waals surface area contributed by atoms with E-state index in [2.05, 4.69) is 4.74 Å². The van der Waals surface area contributed by atoms with Crippen LogP contribution < -0.4 is 0 Å². The Bertz CT molecular complexity index is 234. The van der Waals surface area contributed by atoms with Crippen molar-refractivity contribution < 1.29 is 24.5 Å². The number of hydrogen-bond acceptors (Lipinski definition) is 4. The Balaban J connectivity index is 3.66. The van der Waals surface area contributed by atoms with Crippen LogP contribution >= 0.6 is 0 Å². The van der Waals surface area contributed by atoms with Crippen molar-refractivity contribution in [1.29, 1.82) is 0 Å². The third-order valence-electron chi connectivity index (χ3n) is 1.67. The van der Waals surface area contributed by atoms with Gasteiger partial charge in [0.05, 0.1) is 6.10 Å². The van der Waals surface area contributed by atoms with Crippen LogP contribution in [0.5, 0.6) is 0 Å². The van der Waals surface area contributed by atoms with Crippen LogP contribution in [0.25, 0.3) is 0 Å². The van der Waals surface area contributed by atoms with Gasteiger partial charge in [-0.15, -0.1) is 0 Å². The SMILES string of the molecule is CCCCC(O)COC(=O)C=CC(=O)O. The molecular weight excluding hydrogens is 200 g/mol. The first-order valence-electron chi connectivity index (χ1n) is 4.82. The van der Waals surface area contributed by atoms with E-state index >= 15 is 0 Å². The fourth-order valence-electron chi connectivity index (χ4n) is 0.889. The van der Waals surface area contributed by atoms with Crippen LogP contribution in [-0.4, -0.2) is 34.9 Å². The van der Waals surface area contributed by atoms with Gasteiger partial charge in [0, 0.05) is 12.2 Å². The Hall–Kier alpha value is -1.36. The third-order valence-corrected chi connectivity index (χ3v) is 1.67. The molecule has 1 atom stereocenters. The van der Waals surface area contributed by atoms with E-state index in [0.717, 1.165) is 18.9 Å². The molecule has 0 aliphatic carbocycles. The van der Waals surface area contributed by atoms with Crippen molar-refractivity contribution in [2.45, 2.75) is 32.3 Å². The molecule has 0 aliphatic heterocycles. The molecule has 0 amide bonds. The van der Waals surface area contributed by atoms with E-state index in [-0.39, 0.29) is 6.61 Å². The summed E-state index contributed by atoms with van der Waals surface area (Å²) in [6, 6.07) is 0. The van der Waals surface area contributed by atoms with E-state index in [1.807, 2.05) is 6.92 Å². The molecule has 0 saturated heterocycles. The van der Waals surface area contributed by atoms with Crippen LogP contribution in [0.3, 0.4) is 0 Å². The van der Waals surface area contributed by atoms with Gasteiger partial charge in [-0.25, -0.2) is 9.59 Å². The molecule has 0 aromatic carbocycles. The molecule has 15 heavy (non-hydrogen) atoms. The molecule has 0 bridgehead atoms. The van der Waals surface area contributed by atoms with E-state index in [9.17, 15) is 14.7 Å². The summed E-state index contributed by atoms with van der Waals surface area (Å²) in [5.74, 6) is -1.97. The first-order valence-corrected chi connectivity index (χ1v) is 4.82. The van der Waals surface area contributed by atoms with Crippen LogP contribution in [-0.2, 0) is 14.3 Å². The lowest BCUT2D eigenvalue weighted by Gasteiger charge is -2.08. The summed E-state index contributed by atoms with van der Waals surface area (Å²) >= 11 is 0. The number of aliphatic carboxylic acids is 1. The van der Waals surface area contributed by atoms with Crippen LogP contribution in [0.15, 0.2) is 12.2 Å². The van der Waals surface area contributed by atoms with Crippen molar-refractivity contribution in [2.75, 3.05) is 6.61 Å². The summed E-state index contributed by atoms with van der Waals surface area (Å²) in [5.41, 5.74) is 0. The van der Waals surface area contributed by atoms with Gasteiger partial charge in [0.15, 0.2) is 0 Å². The number of carboxylic acids is 1. The highest BCUT2D eigenvalue weighted by Crippen LogP contribution is 2.00. The van der Waals surface area contributed by atoms with Crippen molar-refractivity contribution in [2.24, 2.45) is 0 Å². The maximum atomic E-state index is 10.8. The lowest BCUT2D eigenvalue weighted by atomic mass is 10.2. The van der Waals surface area contributed by atoms with Crippen LogP contribution in [0.4, 0.5) is 0 Å². The maximum Gasteiger partial charge on any atom is 0.331 e. The third kappa shape index (κ3) is 8.96. The quantitative estimate of drug-likeness (QED) is 0.484. The highest BCUT2D eigenvalue weighted by Gasteiger charge is 2.06. The number of esters is 1. The topological polar surface area (TPSA) is 83.8 Å². The highest BCUT2D eigenvalue weighted by molar-refractivity contribution is 5.90. The van der Waals surface area contributed by atoms with Gasteiger partial charge >= 0.3 is 11.9 Å². The second kappa shape index (κ2) is 7.99. The van der Waals surface area contributed by atoms with E-state index in [1.165, 1.54) is 0 Å². The first-order chi connectivity index (χ1) is 7.06. The molecule has 0 aromatic heterocycles. The average Bonchev–Trinajstić information content (AvgIpc) is 2.20. The Morgan fingerprint density at radius 2 is 2.07 bits per heavy atom. The van der Waals surface area contributed by atoms with Gasteiger partial charge in [0.25, 0.3) is 0 Å². The van der Waals surface area contributed by atoms with Crippen molar-refractivity contribution >= 4 is 11.9 Å². The molecule has 0 spiro atoms. The zero-order valence-corrected chi connectivity index (χ0v) is 8.68. The number of ether oxygens (including phenoxy) is 1. The Morgan fingerprint density at radius 3 is 2.60 bits per heavy atom. The van der Waals surface area contributed by atoms with Crippen molar-refractivity contribution in [3.63, 3.8) is 0 Å². The molecule has 0 heterocycles. The molecule has 5 heteroatoms. The van der Waals surface area contributed by atoms with E-state index in [1.54, 1.807) is 0 Å². The Morgan fingerprint density at radius 1 is 1.40 bits per heavy atom. The van der Waals surface area contributed by atoms with Gasteiger partial charge in [0.1, 0.15) is 6.61 Å². The number of aliphatic hydroxyl groups is 1. The maximum absolute atomic E-state index is 10.8. The van der Waals surface area contributed by atoms with Gasteiger partial charge in [-0.1, -0.05) is 19.8 Å². The summed E-state index contributed by atoms with van der Waals surface area (Å²) in [6.07, 6.45) is 3.24. The van der Waals surface area contributed by atoms with Crippen molar-refractivity contribution in [3.8, 4) is 0 Å². The lowest BCUT2D eigenvalue weighted by Crippen LogP contribution is -2.17. The molecule has 0 aromatic rings. The minimum Gasteiger partial charge on any atom is -0.478 e. The smallest absolute Gasteiger partial charge is 0.331 e. The molecule has 1 unspecified atom stereocenters. The minimum atomic E-state index is -1.21. The standard InChI is InChI=1S/C10H16O5/c1-2-3-4-8(11)7-15-10(14)6-5-9(12)13/h5-6,8,11H,2-4,7H2,1H3,(H,12,13). The molecule has 5 nitrogen and oxygen atoms in total. The molecule has 0 radical (unpaired) electrons. The molecular formula is C10H16O5. The predicted molar refractivity (Wildman–Crippen MR) is 53.3 cm³/mol. The zero-order chi connectivity index (χ0) is 11.7. The zero-order valence-electron chi connectivity index (χ0n) is 8.68. The van der Waals surface area contributed by atoms with Crippen LogP contribution in [0, 0.1) is 0 Å². The molecule has 0 saturated carbocycles. The van der Waals surface area contributed by atoms with Gasteiger partial charge in [0.2, 0.25) is 0 Å². The number of unbranched alkanes of at least 4 members (excludes halogenated alkanes) is 1. The van der Waals surface area contributed by atoms with Crippen molar-refractivity contribution in [1.82, 2.24) is 0 Å². The minimum absolute atomic E-state index is 0.0945. The number of aliphatic hydroxyl groups excluding tert-OH is 1. The normalized spacial score (nSPS) is 12.7. The summed E-state index contributed by atoms with van der Waals surface area (Å²) in [4.78, 5) is 20.9. The Labute approximate surface area is 88.4 Å². The monoisotopic (exact) mass is 216 g/mol. The van der Waals surface area contributed by atoms with Crippen LogP contribution in [0.2, 0.25) is 0 Å². The fraction of sp³-hybridized carbons (Fsp3) is 0.600. The summed E-state index contributed by atoms with van der Waals surface area (Å²) < 4.78 is 4.61.